The van der Waals surface area contributed by atoms with Gasteiger partial charge in [-0.2, -0.15) is 9.29 Å². The number of rotatable bonds is 7. The van der Waals surface area contributed by atoms with Gasteiger partial charge in [0, 0.05) is 32.6 Å². The normalized spacial score (nSPS) is 16.7. The molecule has 7 nitrogen and oxygen atoms in total. The van der Waals surface area contributed by atoms with E-state index < -0.39 is 10.0 Å². The van der Waals surface area contributed by atoms with Gasteiger partial charge in [0.25, 0.3) is 0 Å². The van der Waals surface area contributed by atoms with Crippen LogP contribution in [0.1, 0.15) is 31.5 Å². The fourth-order valence-corrected chi connectivity index (χ4v) is 5.48. The second-order valence-electron chi connectivity index (χ2n) is 6.44. The highest BCUT2D eigenvalue weighted by molar-refractivity contribution is 7.89. The molecule has 2 aromatic rings. The van der Waals surface area contributed by atoms with Gasteiger partial charge in [-0.3, -0.25) is 4.90 Å². The molecular weight excluding hydrogens is 411 g/mol. The van der Waals surface area contributed by atoms with Gasteiger partial charge in [0.1, 0.15) is 4.90 Å². The number of hydrogen-bond donors (Lipinski definition) is 0. The third-order valence-electron chi connectivity index (χ3n) is 4.47. The fraction of sp³-hybridized carbons (Fsp3) is 0.529. The van der Waals surface area contributed by atoms with E-state index in [9.17, 15) is 8.42 Å². The van der Waals surface area contributed by atoms with Crippen molar-refractivity contribution in [2.45, 2.75) is 37.6 Å². The first kappa shape index (κ1) is 20.5. The minimum atomic E-state index is -3.73. The van der Waals surface area contributed by atoms with E-state index in [-0.39, 0.29) is 14.9 Å². The van der Waals surface area contributed by atoms with E-state index in [1.165, 1.54) is 16.4 Å². The molecule has 1 saturated heterocycles. The van der Waals surface area contributed by atoms with Gasteiger partial charge < -0.3 is 4.52 Å². The number of aryl methyl sites for hydroxylation is 1. The lowest BCUT2D eigenvalue weighted by molar-refractivity contribution is 0.163. The van der Waals surface area contributed by atoms with Crippen LogP contribution in [-0.2, 0) is 23.0 Å². The SMILES string of the molecule is CCCCc1noc(CN2CCN(S(=O)(=O)c3c(Cl)cccc3Cl)CC2)n1. The maximum absolute atomic E-state index is 12.9. The highest BCUT2D eigenvalue weighted by atomic mass is 35.5. The topological polar surface area (TPSA) is 79.5 Å². The molecule has 1 fully saturated rings. The zero-order valence-corrected chi connectivity index (χ0v) is 17.4. The minimum Gasteiger partial charge on any atom is -0.338 e. The summed E-state index contributed by atoms with van der Waals surface area (Å²) in [5, 5.41) is 4.25. The van der Waals surface area contributed by atoms with Crippen molar-refractivity contribution >= 4 is 33.2 Å². The van der Waals surface area contributed by atoms with Gasteiger partial charge in [-0.25, -0.2) is 8.42 Å². The summed E-state index contributed by atoms with van der Waals surface area (Å²) in [5.41, 5.74) is 0. The number of halogens is 2. The van der Waals surface area contributed by atoms with E-state index in [1.807, 2.05) is 0 Å². The molecule has 0 amide bonds. The lowest BCUT2D eigenvalue weighted by atomic mass is 10.2. The molecule has 0 saturated carbocycles. The molecule has 2 heterocycles. The molecule has 27 heavy (non-hydrogen) atoms. The van der Waals surface area contributed by atoms with Crippen molar-refractivity contribution in [3.63, 3.8) is 0 Å². The maximum atomic E-state index is 12.9. The summed E-state index contributed by atoms with van der Waals surface area (Å²) in [6, 6.07) is 4.69. The van der Waals surface area contributed by atoms with Crippen LogP contribution in [0.25, 0.3) is 0 Å². The van der Waals surface area contributed by atoms with E-state index in [0.717, 1.165) is 25.1 Å². The summed E-state index contributed by atoms with van der Waals surface area (Å²) in [6.07, 6.45) is 2.92. The lowest BCUT2D eigenvalue weighted by Crippen LogP contribution is -2.48. The smallest absolute Gasteiger partial charge is 0.246 e. The Morgan fingerprint density at radius 1 is 1.15 bits per heavy atom. The summed E-state index contributed by atoms with van der Waals surface area (Å²) < 4.78 is 32.5. The van der Waals surface area contributed by atoms with Crippen LogP contribution < -0.4 is 0 Å². The molecule has 0 aliphatic carbocycles. The van der Waals surface area contributed by atoms with Gasteiger partial charge in [-0.05, 0) is 18.6 Å². The van der Waals surface area contributed by atoms with E-state index in [0.29, 0.717) is 38.6 Å². The van der Waals surface area contributed by atoms with Gasteiger partial charge in [0.05, 0.1) is 16.6 Å². The standard InChI is InChI=1S/C17H22Cl2N4O3S/c1-2-3-7-15-20-16(26-21-15)12-22-8-10-23(11-9-22)27(24,25)17-13(18)5-4-6-14(17)19/h4-6H,2-3,7-12H2,1H3. The Kier molecular flexibility index (Phi) is 6.75. The zero-order valence-electron chi connectivity index (χ0n) is 15.1. The third-order valence-corrected chi connectivity index (χ3v) is 7.33. The van der Waals surface area contributed by atoms with Gasteiger partial charge in [0.2, 0.25) is 15.9 Å². The largest absolute Gasteiger partial charge is 0.338 e. The van der Waals surface area contributed by atoms with Crippen LogP contribution in [0.4, 0.5) is 0 Å². The van der Waals surface area contributed by atoms with Crippen LogP contribution in [0, 0.1) is 0 Å². The van der Waals surface area contributed by atoms with Gasteiger partial charge >= 0.3 is 0 Å². The highest BCUT2D eigenvalue weighted by Crippen LogP contribution is 2.31. The molecule has 0 radical (unpaired) electrons. The van der Waals surface area contributed by atoms with Crippen LogP contribution in [-0.4, -0.2) is 53.9 Å². The van der Waals surface area contributed by atoms with Crippen molar-refractivity contribution in [1.82, 2.24) is 19.3 Å². The van der Waals surface area contributed by atoms with Crippen LogP contribution >= 0.6 is 23.2 Å². The van der Waals surface area contributed by atoms with Crippen molar-refractivity contribution in [2.75, 3.05) is 26.2 Å². The van der Waals surface area contributed by atoms with Gasteiger partial charge in [-0.15, -0.1) is 0 Å². The molecule has 1 aliphatic heterocycles. The molecule has 10 heteroatoms. The second-order valence-corrected chi connectivity index (χ2v) is 9.13. The van der Waals surface area contributed by atoms with Gasteiger partial charge in [0.15, 0.2) is 5.82 Å². The molecule has 0 N–H and O–H groups in total. The average molecular weight is 433 g/mol. The summed E-state index contributed by atoms with van der Waals surface area (Å²) in [7, 11) is -3.73. The molecule has 1 aromatic carbocycles. The Hall–Kier alpha value is -1.19. The van der Waals surface area contributed by atoms with Gasteiger partial charge in [-0.1, -0.05) is 47.8 Å². The van der Waals surface area contributed by atoms with Crippen molar-refractivity contribution in [1.29, 1.82) is 0 Å². The lowest BCUT2D eigenvalue weighted by Gasteiger charge is -2.33. The van der Waals surface area contributed by atoms with Crippen LogP contribution in [0.5, 0.6) is 0 Å². The zero-order chi connectivity index (χ0) is 19.4. The molecule has 0 atom stereocenters. The molecular formula is C17H22Cl2N4O3S. The summed E-state index contributed by atoms with van der Waals surface area (Å²) in [6.45, 7) is 4.45. The van der Waals surface area contributed by atoms with E-state index in [1.54, 1.807) is 6.07 Å². The average Bonchev–Trinajstić information content (AvgIpc) is 3.07. The predicted octanol–water partition coefficient (Wildman–Crippen LogP) is 3.23. The monoisotopic (exact) mass is 432 g/mol. The second kappa shape index (κ2) is 8.87. The Bertz CT molecular complexity index is 860. The number of piperazine rings is 1. The van der Waals surface area contributed by atoms with Crippen molar-refractivity contribution in [3.8, 4) is 0 Å². The van der Waals surface area contributed by atoms with E-state index >= 15 is 0 Å². The predicted molar refractivity (Wildman–Crippen MR) is 103 cm³/mol. The Balaban J connectivity index is 1.61. The maximum Gasteiger partial charge on any atom is 0.246 e. The Morgan fingerprint density at radius 2 is 1.81 bits per heavy atom. The summed E-state index contributed by atoms with van der Waals surface area (Å²) in [4.78, 5) is 6.46. The number of unbranched alkanes of at least 4 members (excludes halogenated alkanes) is 1. The number of nitrogens with zero attached hydrogens (tertiary/aromatic N) is 4. The van der Waals surface area contributed by atoms with Crippen LogP contribution in [0.2, 0.25) is 10.0 Å². The first-order valence-corrected chi connectivity index (χ1v) is 11.1. The fourth-order valence-electron chi connectivity index (χ4n) is 2.97. The highest BCUT2D eigenvalue weighted by Gasteiger charge is 2.32. The summed E-state index contributed by atoms with van der Waals surface area (Å²) >= 11 is 12.2. The van der Waals surface area contributed by atoms with Crippen molar-refractivity contribution in [2.24, 2.45) is 0 Å². The first-order valence-electron chi connectivity index (χ1n) is 8.89. The van der Waals surface area contributed by atoms with Crippen LogP contribution in [0.3, 0.4) is 0 Å². The number of sulfonamides is 1. The quantitative estimate of drug-likeness (QED) is 0.667. The Morgan fingerprint density at radius 3 is 2.44 bits per heavy atom. The number of hydrogen-bond acceptors (Lipinski definition) is 6. The molecule has 0 spiro atoms. The van der Waals surface area contributed by atoms with Crippen molar-refractivity contribution < 1.29 is 12.9 Å². The van der Waals surface area contributed by atoms with Crippen molar-refractivity contribution in [3.05, 3.63) is 40.0 Å². The molecule has 0 bridgehead atoms. The minimum absolute atomic E-state index is 0.0285. The van der Waals surface area contributed by atoms with E-state index in [2.05, 4.69) is 22.0 Å². The first-order chi connectivity index (χ1) is 12.9. The molecule has 3 rings (SSSR count). The third kappa shape index (κ3) is 4.81. The summed E-state index contributed by atoms with van der Waals surface area (Å²) in [5.74, 6) is 1.29. The number of aromatic nitrogens is 2. The molecule has 1 aliphatic rings. The molecule has 0 unspecified atom stereocenters. The van der Waals surface area contributed by atoms with Crippen LogP contribution in [0.15, 0.2) is 27.6 Å². The Labute approximate surface area is 169 Å². The number of benzene rings is 1. The molecule has 1 aromatic heterocycles. The van der Waals surface area contributed by atoms with E-state index in [4.69, 9.17) is 27.7 Å². The molecule has 148 valence electrons.